The first-order valence-electron chi connectivity index (χ1n) is 8.72. The molecule has 0 heterocycles. The molecule has 0 bridgehead atoms. The average molecular weight is 416 g/mol. The van der Waals surface area contributed by atoms with Crippen LogP contribution in [-0.4, -0.2) is 64.8 Å². The normalized spacial score (nSPS) is 14.8. The van der Waals surface area contributed by atoms with Crippen LogP contribution in [0.15, 0.2) is 0 Å². The van der Waals surface area contributed by atoms with E-state index in [1.165, 1.54) is 6.92 Å². The van der Waals surface area contributed by atoms with Gasteiger partial charge in [-0.15, -0.1) is 0 Å². The summed E-state index contributed by atoms with van der Waals surface area (Å²) in [6.07, 6.45) is -1.03. The number of carboxylic acids is 1. The summed E-state index contributed by atoms with van der Waals surface area (Å²) in [6.45, 7) is 4.52. The van der Waals surface area contributed by atoms with Gasteiger partial charge in [-0.3, -0.25) is 24.0 Å². The molecule has 0 radical (unpaired) electrons. The van der Waals surface area contributed by atoms with Gasteiger partial charge in [-0.25, -0.2) is 4.79 Å². The molecular formula is C16H28N6O7. The summed E-state index contributed by atoms with van der Waals surface area (Å²) in [4.78, 5) is 69.5. The second-order valence-corrected chi connectivity index (χ2v) is 6.81. The molecule has 0 aromatic rings. The Balaban J connectivity index is 5.04. The minimum atomic E-state index is -1.55. The molecule has 0 aromatic carbocycles. The summed E-state index contributed by atoms with van der Waals surface area (Å²) >= 11 is 0. The number of rotatable bonds is 12. The number of amides is 5. The van der Waals surface area contributed by atoms with Crippen LogP contribution in [0.4, 0.5) is 0 Å². The van der Waals surface area contributed by atoms with Gasteiger partial charge in [-0.05, 0) is 12.8 Å². The van der Waals surface area contributed by atoms with Gasteiger partial charge in [0, 0.05) is 0 Å². The van der Waals surface area contributed by atoms with Crippen LogP contribution in [0.25, 0.3) is 0 Å². The zero-order valence-corrected chi connectivity index (χ0v) is 16.4. The molecule has 5 amide bonds. The molecule has 0 fully saturated rings. The van der Waals surface area contributed by atoms with E-state index in [1.807, 2.05) is 0 Å². The first kappa shape index (κ1) is 25.8. The quantitative estimate of drug-likeness (QED) is 0.166. The van der Waals surface area contributed by atoms with Crippen molar-refractivity contribution in [1.82, 2.24) is 16.0 Å². The lowest BCUT2D eigenvalue weighted by Crippen LogP contribution is -2.58. The minimum Gasteiger partial charge on any atom is -0.480 e. The van der Waals surface area contributed by atoms with Gasteiger partial charge in [0.1, 0.15) is 18.1 Å². The van der Waals surface area contributed by atoms with Crippen LogP contribution >= 0.6 is 0 Å². The van der Waals surface area contributed by atoms with E-state index in [9.17, 15) is 28.8 Å². The van der Waals surface area contributed by atoms with Gasteiger partial charge >= 0.3 is 5.97 Å². The smallest absolute Gasteiger partial charge is 0.326 e. The van der Waals surface area contributed by atoms with Crippen LogP contribution in [-0.2, 0) is 28.8 Å². The minimum absolute atomic E-state index is 0.409. The summed E-state index contributed by atoms with van der Waals surface area (Å²) in [6, 6.07) is -5.06. The highest BCUT2D eigenvalue weighted by molar-refractivity contribution is 5.95. The second kappa shape index (κ2) is 11.6. The molecule has 13 heteroatoms. The number of nitrogens with one attached hydrogen (secondary N) is 3. The van der Waals surface area contributed by atoms with Crippen molar-refractivity contribution in [3.63, 3.8) is 0 Å². The lowest BCUT2D eigenvalue weighted by atomic mass is 10.0. The number of carbonyl (C=O) groups is 6. The van der Waals surface area contributed by atoms with Crippen molar-refractivity contribution >= 4 is 35.5 Å². The highest BCUT2D eigenvalue weighted by atomic mass is 16.4. The Morgan fingerprint density at radius 1 is 0.793 bits per heavy atom. The molecule has 29 heavy (non-hydrogen) atoms. The maximum atomic E-state index is 12.4. The number of carboxylic acid groups (broad SMARTS) is 1. The Kier molecular flexibility index (Phi) is 10.3. The fraction of sp³-hybridized carbons (Fsp3) is 0.625. The maximum Gasteiger partial charge on any atom is 0.326 e. The molecule has 4 unspecified atom stereocenters. The summed E-state index contributed by atoms with van der Waals surface area (Å²) in [7, 11) is 0. The molecule has 0 aromatic heterocycles. The highest BCUT2D eigenvalue weighted by Crippen LogP contribution is 2.04. The molecule has 13 nitrogen and oxygen atoms in total. The van der Waals surface area contributed by atoms with E-state index >= 15 is 0 Å². The van der Waals surface area contributed by atoms with Gasteiger partial charge in [-0.2, -0.15) is 0 Å². The first-order chi connectivity index (χ1) is 13.3. The van der Waals surface area contributed by atoms with E-state index < -0.39 is 78.4 Å². The van der Waals surface area contributed by atoms with Crippen LogP contribution in [0, 0.1) is 5.92 Å². The van der Waals surface area contributed by atoms with Crippen molar-refractivity contribution in [2.45, 2.75) is 57.8 Å². The Morgan fingerprint density at radius 2 is 1.31 bits per heavy atom. The summed E-state index contributed by atoms with van der Waals surface area (Å²) in [5.41, 5.74) is 15.4. The first-order valence-corrected chi connectivity index (χ1v) is 8.72. The molecule has 0 aliphatic carbocycles. The molecule has 0 spiro atoms. The van der Waals surface area contributed by atoms with Crippen LogP contribution < -0.4 is 33.2 Å². The van der Waals surface area contributed by atoms with E-state index in [1.54, 1.807) is 13.8 Å². The van der Waals surface area contributed by atoms with Crippen molar-refractivity contribution in [2.75, 3.05) is 0 Å². The number of carbonyl (C=O) groups excluding carboxylic acids is 5. The SMILES string of the molecule is CC(NC(=O)C(N)CC(N)=O)C(=O)NC(C(=O)NC(CC(N)=O)C(=O)O)C(C)C. The number of aliphatic carboxylic acids is 1. The van der Waals surface area contributed by atoms with Crippen molar-refractivity contribution in [1.29, 1.82) is 0 Å². The second-order valence-electron chi connectivity index (χ2n) is 6.81. The third-order valence-electron chi connectivity index (χ3n) is 3.78. The summed E-state index contributed by atoms with van der Waals surface area (Å²) in [5.74, 6) is -6.01. The molecule has 0 aliphatic heterocycles. The zero-order chi connectivity index (χ0) is 22.9. The van der Waals surface area contributed by atoms with Crippen molar-refractivity contribution < 1.29 is 33.9 Å². The van der Waals surface area contributed by atoms with Gasteiger partial charge in [0.2, 0.25) is 29.5 Å². The molecular weight excluding hydrogens is 388 g/mol. The maximum absolute atomic E-state index is 12.4. The van der Waals surface area contributed by atoms with Crippen molar-refractivity contribution in [2.24, 2.45) is 23.1 Å². The monoisotopic (exact) mass is 416 g/mol. The number of nitrogens with two attached hydrogens (primary N) is 3. The molecule has 10 N–H and O–H groups in total. The predicted octanol–water partition coefficient (Wildman–Crippen LogP) is -3.72. The zero-order valence-electron chi connectivity index (χ0n) is 16.4. The standard InChI is InChI=1S/C16H28N6O7/c1-6(2)12(15(27)21-9(16(28)29)5-11(19)24)22-13(25)7(3)20-14(26)8(17)4-10(18)23/h6-9,12H,4-5,17H2,1-3H3,(H2,18,23)(H2,19,24)(H,20,26)(H,21,27)(H,22,25)(H,28,29). The van der Waals surface area contributed by atoms with Crippen LogP contribution in [0.2, 0.25) is 0 Å². The highest BCUT2D eigenvalue weighted by Gasteiger charge is 2.31. The average Bonchev–Trinajstić information content (AvgIpc) is 2.56. The lowest BCUT2D eigenvalue weighted by Gasteiger charge is -2.25. The Hall–Kier alpha value is -3.22. The van der Waals surface area contributed by atoms with Gasteiger partial charge in [-0.1, -0.05) is 13.8 Å². The molecule has 4 atom stereocenters. The Bertz CT molecular complexity index is 666. The molecule has 0 saturated heterocycles. The van der Waals surface area contributed by atoms with Crippen LogP contribution in [0.3, 0.4) is 0 Å². The summed E-state index contributed by atoms with van der Waals surface area (Å²) < 4.78 is 0. The number of hydrogen-bond donors (Lipinski definition) is 7. The molecule has 0 rings (SSSR count). The van der Waals surface area contributed by atoms with Crippen LogP contribution in [0.5, 0.6) is 0 Å². The fourth-order valence-electron chi connectivity index (χ4n) is 2.17. The van der Waals surface area contributed by atoms with E-state index in [0.29, 0.717) is 0 Å². The predicted molar refractivity (Wildman–Crippen MR) is 99.5 cm³/mol. The van der Waals surface area contributed by atoms with Gasteiger partial charge < -0.3 is 38.3 Å². The largest absolute Gasteiger partial charge is 0.480 e. The van der Waals surface area contributed by atoms with E-state index in [-0.39, 0.29) is 0 Å². The van der Waals surface area contributed by atoms with Gasteiger partial charge in [0.15, 0.2) is 0 Å². The van der Waals surface area contributed by atoms with Crippen molar-refractivity contribution in [3.8, 4) is 0 Å². The topological polar surface area (TPSA) is 237 Å². The molecule has 0 aliphatic rings. The summed E-state index contributed by atoms with van der Waals surface area (Å²) in [5, 5.41) is 15.9. The van der Waals surface area contributed by atoms with Crippen LogP contribution in [0.1, 0.15) is 33.6 Å². The Morgan fingerprint density at radius 3 is 1.72 bits per heavy atom. The van der Waals surface area contributed by atoms with Crippen molar-refractivity contribution in [3.05, 3.63) is 0 Å². The third kappa shape index (κ3) is 9.51. The number of primary amides is 2. The van der Waals surface area contributed by atoms with E-state index in [4.69, 9.17) is 22.3 Å². The lowest BCUT2D eigenvalue weighted by molar-refractivity contribution is -0.144. The van der Waals surface area contributed by atoms with Gasteiger partial charge in [0.25, 0.3) is 0 Å². The van der Waals surface area contributed by atoms with Gasteiger partial charge in [0.05, 0.1) is 18.9 Å². The number of hydrogen-bond acceptors (Lipinski definition) is 7. The van der Waals surface area contributed by atoms with E-state index in [0.717, 1.165) is 0 Å². The molecule has 164 valence electrons. The Labute approximate surface area is 167 Å². The third-order valence-corrected chi connectivity index (χ3v) is 3.78. The van der Waals surface area contributed by atoms with E-state index in [2.05, 4.69) is 16.0 Å². The molecule has 0 saturated carbocycles. The fourth-order valence-corrected chi connectivity index (χ4v) is 2.17.